The van der Waals surface area contributed by atoms with E-state index >= 15 is 0 Å². The standard InChI is InChI=1S/C10H15N5S/c1-7-13-9(11-2)15-10(14-7)12-6-8-4-3-5-16-8/h3-5,7H,6H2,1-2H3,(H3,11,12,13,14,15). The van der Waals surface area contributed by atoms with Gasteiger partial charge in [0.25, 0.3) is 0 Å². The van der Waals surface area contributed by atoms with Gasteiger partial charge in [-0.2, -0.15) is 0 Å². The molecule has 1 aromatic heterocycles. The summed E-state index contributed by atoms with van der Waals surface area (Å²) in [4.78, 5) is 9.78. The third-order valence-electron chi connectivity index (χ3n) is 2.14. The number of aliphatic imine (C=N–C) groups is 2. The van der Waals surface area contributed by atoms with Crippen LogP contribution in [0.5, 0.6) is 0 Å². The number of nitrogens with zero attached hydrogens (tertiary/aromatic N) is 2. The van der Waals surface area contributed by atoms with Crippen LogP contribution in [0.4, 0.5) is 0 Å². The maximum absolute atomic E-state index is 4.46. The van der Waals surface area contributed by atoms with Gasteiger partial charge in [-0.1, -0.05) is 6.07 Å². The third-order valence-corrected chi connectivity index (χ3v) is 3.00. The van der Waals surface area contributed by atoms with E-state index in [-0.39, 0.29) is 6.17 Å². The topological polar surface area (TPSA) is 60.8 Å². The van der Waals surface area contributed by atoms with E-state index in [9.17, 15) is 0 Å². The van der Waals surface area contributed by atoms with Gasteiger partial charge in [0.05, 0.1) is 12.7 Å². The number of guanidine groups is 2. The van der Waals surface area contributed by atoms with Crippen molar-refractivity contribution in [1.29, 1.82) is 0 Å². The molecule has 86 valence electrons. The molecule has 1 aliphatic rings. The summed E-state index contributed by atoms with van der Waals surface area (Å²) in [6, 6.07) is 4.11. The summed E-state index contributed by atoms with van der Waals surface area (Å²) in [7, 11) is 1.74. The van der Waals surface area contributed by atoms with Gasteiger partial charge < -0.3 is 10.6 Å². The molecule has 0 bridgehead atoms. The van der Waals surface area contributed by atoms with E-state index in [1.807, 2.05) is 13.0 Å². The SMILES string of the molecule is CN=C1NC(=NCc2cccs2)NC(C)N1. The van der Waals surface area contributed by atoms with E-state index in [0.29, 0.717) is 6.54 Å². The summed E-state index contributed by atoms with van der Waals surface area (Å²) in [6.45, 7) is 2.71. The van der Waals surface area contributed by atoms with Gasteiger partial charge in [-0.05, 0) is 18.4 Å². The molecule has 0 saturated carbocycles. The van der Waals surface area contributed by atoms with Gasteiger partial charge in [0.2, 0.25) is 0 Å². The Morgan fingerprint density at radius 2 is 2.19 bits per heavy atom. The molecular formula is C10H15N5S. The summed E-state index contributed by atoms with van der Waals surface area (Å²) in [5.74, 6) is 1.51. The molecule has 16 heavy (non-hydrogen) atoms. The Balaban J connectivity index is 2.00. The predicted octanol–water partition coefficient (Wildman–Crippen LogP) is 0.718. The molecule has 1 atom stereocenters. The van der Waals surface area contributed by atoms with Crippen LogP contribution < -0.4 is 16.0 Å². The van der Waals surface area contributed by atoms with Crippen molar-refractivity contribution in [3.8, 4) is 0 Å². The lowest BCUT2D eigenvalue weighted by atomic mass is 10.4. The molecule has 0 aromatic carbocycles. The van der Waals surface area contributed by atoms with Crippen LogP contribution in [0.15, 0.2) is 27.5 Å². The van der Waals surface area contributed by atoms with Crippen molar-refractivity contribution >= 4 is 23.3 Å². The Hall–Kier alpha value is -1.56. The number of rotatable bonds is 2. The molecule has 1 aliphatic heterocycles. The second-order valence-corrected chi connectivity index (χ2v) is 4.48. The average Bonchev–Trinajstić information content (AvgIpc) is 2.78. The first-order valence-electron chi connectivity index (χ1n) is 5.11. The highest BCUT2D eigenvalue weighted by atomic mass is 32.1. The minimum atomic E-state index is 0.141. The first-order chi connectivity index (χ1) is 7.78. The van der Waals surface area contributed by atoms with Gasteiger partial charge in [-0.15, -0.1) is 11.3 Å². The maximum Gasteiger partial charge on any atom is 0.200 e. The van der Waals surface area contributed by atoms with Crippen molar-refractivity contribution in [2.24, 2.45) is 9.98 Å². The van der Waals surface area contributed by atoms with Crippen LogP contribution in [-0.2, 0) is 6.54 Å². The molecule has 1 fully saturated rings. The van der Waals surface area contributed by atoms with Crippen molar-refractivity contribution in [2.75, 3.05) is 7.05 Å². The molecule has 0 spiro atoms. The van der Waals surface area contributed by atoms with E-state index in [0.717, 1.165) is 11.9 Å². The van der Waals surface area contributed by atoms with Gasteiger partial charge in [0.1, 0.15) is 0 Å². The Kier molecular flexibility index (Phi) is 3.40. The monoisotopic (exact) mass is 237 g/mol. The number of hydrogen-bond acceptors (Lipinski definition) is 3. The summed E-state index contributed by atoms with van der Waals surface area (Å²) in [6.07, 6.45) is 0.141. The van der Waals surface area contributed by atoms with Crippen LogP contribution in [0.2, 0.25) is 0 Å². The summed E-state index contributed by atoms with van der Waals surface area (Å²) in [5.41, 5.74) is 0. The van der Waals surface area contributed by atoms with Crippen LogP contribution >= 0.6 is 11.3 Å². The molecule has 2 heterocycles. The third kappa shape index (κ3) is 2.73. The highest BCUT2D eigenvalue weighted by Crippen LogP contribution is 2.09. The molecule has 1 unspecified atom stereocenters. The molecule has 0 amide bonds. The number of thiophene rings is 1. The highest BCUT2D eigenvalue weighted by molar-refractivity contribution is 7.09. The minimum absolute atomic E-state index is 0.141. The predicted molar refractivity (Wildman–Crippen MR) is 67.7 cm³/mol. The maximum atomic E-state index is 4.46. The largest absolute Gasteiger partial charge is 0.336 e. The lowest BCUT2D eigenvalue weighted by Crippen LogP contribution is -2.61. The molecule has 1 aromatic rings. The zero-order chi connectivity index (χ0) is 11.4. The molecule has 6 heteroatoms. The lowest BCUT2D eigenvalue weighted by molar-refractivity contribution is 0.585. The molecular weight excluding hydrogens is 222 g/mol. The van der Waals surface area contributed by atoms with Gasteiger partial charge >= 0.3 is 0 Å². The number of nitrogens with one attached hydrogen (secondary N) is 3. The van der Waals surface area contributed by atoms with Crippen molar-refractivity contribution in [3.63, 3.8) is 0 Å². The van der Waals surface area contributed by atoms with Crippen molar-refractivity contribution in [1.82, 2.24) is 16.0 Å². The van der Waals surface area contributed by atoms with Crippen molar-refractivity contribution < 1.29 is 0 Å². The van der Waals surface area contributed by atoms with E-state index < -0.39 is 0 Å². The fraction of sp³-hybridized carbons (Fsp3) is 0.400. The van der Waals surface area contributed by atoms with Crippen LogP contribution in [0.3, 0.4) is 0 Å². The zero-order valence-electron chi connectivity index (χ0n) is 9.32. The quantitative estimate of drug-likeness (QED) is 0.710. The molecule has 0 radical (unpaired) electrons. The molecule has 2 rings (SSSR count). The minimum Gasteiger partial charge on any atom is -0.336 e. The van der Waals surface area contributed by atoms with Crippen LogP contribution in [0.25, 0.3) is 0 Å². The first kappa shape index (κ1) is 10.9. The molecule has 5 nitrogen and oxygen atoms in total. The van der Waals surface area contributed by atoms with Crippen LogP contribution in [-0.4, -0.2) is 25.1 Å². The van der Waals surface area contributed by atoms with Crippen LogP contribution in [0.1, 0.15) is 11.8 Å². The smallest absolute Gasteiger partial charge is 0.200 e. The Morgan fingerprint density at radius 1 is 1.38 bits per heavy atom. The second-order valence-electron chi connectivity index (χ2n) is 3.45. The van der Waals surface area contributed by atoms with E-state index in [1.54, 1.807) is 18.4 Å². The fourth-order valence-corrected chi connectivity index (χ4v) is 2.02. The molecule has 0 aliphatic carbocycles. The van der Waals surface area contributed by atoms with E-state index in [2.05, 4.69) is 37.4 Å². The normalized spacial score (nSPS) is 25.0. The first-order valence-corrected chi connectivity index (χ1v) is 5.99. The second kappa shape index (κ2) is 4.98. The fourth-order valence-electron chi connectivity index (χ4n) is 1.40. The molecule has 1 saturated heterocycles. The Labute approximate surface area is 98.7 Å². The lowest BCUT2D eigenvalue weighted by Gasteiger charge is -2.27. The van der Waals surface area contributed by atoms with Gasteiger partial charge in [0, 0.05) is 11.9 Å². The highest BCUT2D eigenvalue weighted by Gasteiger charge is 2.14. The Morgan fingerprint density at radius 3 is 2.88 bits per heavy atom. The summed E-state index contributed by atoms with van der Waals surface area (Å²) < 4.78 is 0. The van der Waals surface area contributed by atoms with Crippen molar-refractivity contribution in [3.05, 3.63) is 22.4 Å². The van der Waals surface area contributed by atoms with E-state index in [4.69, 9.17) is 0 Å². The van der Waals surface area contributed by atoms with Gasteiger partial charge in [-0.25, -0.2) is 4.99 Å². The number of hydrogen-bond donors (Lipinski definition) is 3. The molecule has 3 N–H and O–H groups in total. The van der Waals surface area contributed by atoms with E-state index in [1.165, 1.54) is 4.88 Å². The summed E-state index contributed by atoms with van der Waals surface area (Å²) >= 11 is 1.71. The van der Waals surface area contributed by atoms with Gasteiger partial charge in [-0.3, -0.25) is 10.3 Å². The average molecular weight is 237 g/mol. The Bertz CT molecular complexity index is 395. The zero-order valence-corrected chi connectivity index (χ0v) is 10.1. The summed E-state index contributed by atoms with van der Waals surface area (Å²) in [5, 5.41) is 11.5. The van der Waals surface area contributed by atoms with Crippen molar-refractivity contribution in [2.45, 2.75) is 19.6 Å². The van der Waals surface area contributed by atoms with Gasteiger partial charge in [0.15, 0.2) is 11.9 Å². The van der Waals surface area contributed by atoms with Crippen LogP contribution in [0, 0.1) is 0 Å².